The number of rotatable bonds is 3. The van der Waals surface area contributed by atoms with Crippen molar-refractivity contribution in [3.05, 3.63) is 24.3 Å². The summed E-state index contributed by atoms with van der Waals surface area (Å²) in [5.74, 6) is 0.757. The third-order valence-corrected chi connectivity index (χ3v) is 10.9. The van der Waals surface area contributed by atoms with Gasteiger partial charge in [-0.25, -0.2) is 0 Å². The molecule has 0 nitrogen and oxygen atoms in total. The summed E-state index contributed by atoms with van der Waals surface area (Å²) in [5.41, 5.74) is 2.22. The van der Waals surface area contributed by atoms with Crippen LogP contribution in [0.4, 0.5) is 0 Å². The summed E-state index contributed by atoms with van der Waals surface area (Å²) >= 11 is 0. The Bertz CT molecular complexity index is 342. The van der Waals surface area contributed by atoms with E-state index in [-0.39, 0.29) is 8.80 Å². The van der Waals surface area contributed by atoms with E-state index in [1.807, 2.05) is 0 Å². The second-order valence-corrected chi connectivity index (χ2v) is 10.9. The van der Waals surface area contributed by atoms with Crippen LogP contribution in [0.2, 0.25) is 16.1 Å². The predicted molar refractivity (Wildman–Crippen MR) is 86.0 cm³/mol. The van der Waals surface area contributed by atoms with Crippen LogP contribution in [0.5, 0.6) is 0 Å². The van der Waals surface area contributed by atoms with Crippen molar-refractivity contribution in [2.45, 2.75) is 81.3 Å². The first kappa shape index (κ1) is 13.7. The fourth-order valence-electron chi connectivity index (χ4n) is 4.88. The van der Waals surface area contributed by atoms with Gasteiger partial charge in [-0.3, -0.25) is 0 Å². The molecule has 0 saturated heterocycles. The first-order valence-electron chi connectivity index (χ1n) is 8.45. The fourth-order valence-corrected chi connectivity index (χ4v) is 10.3. The van der Waals surface area contributed by atoms with E-state index in [9.17, 15) is 0 Å². The van der Waals surface area contributed by atoms with Crippen LogP contribution in [-0.4, -0.2) is 8.80 Å². The maximum absolute atomic E-state index is 2.60. The highest BCUT2D eigenvalue weighted by Gasteiger charge is 2.47. The van der Waals surface area contributed by atoms with E-state index in [1.54, 1.807) is 25.7 Å². The molecule has 3 aliphatic rings. The van der Waals surface area contributed by atoms with Gasteiger partial charge in [-0.2, -0.15) is 0 Å². The Morgan fingerprint density at radius 3 is 1.89 bits per heavy atom. The van der Waals surface area contributed by atoms with Crippen LogP contribution in [0, 0.1) is 5.92 Å². The largest absolute Gasteiger partial charge is 0.0811 e. The molecule has 1 heteroatoms. The molecule has 2 unspecified atom stereocenters. The molecule has 3 aliphatic carbocycles. The zero-order chi connectivity index (χ0) is 13.3. The van der Waals surface area contributed by atoms with Crippen molar-refractivity contribution in [3.63, 3.8) is 0 Å². The lowest BCUT2D eigenvalue weighted by atomic mass is 9.90. The molecule has 3 rings (SSSR count). The molecule has 19 heavy (non-hydrogen) atoms. The average molecular weight is 274 g/mol. The van der Waals surface area contributed by atoms with Crippen molar-refractivity contribution in [1.82, 2.24) is 0 Å². The lowest BCUT2D eigenvalue weighted by Crippen LogP contribution is -2.40. The molecule has 0 aromatic heterocycles. The van der Waals surface area contributed by atoms with E-state index >= 15 is 0 Å². The topological polar surface area (TPSA) is 0 Å². The zero-order valence-corrected chi connectivity index (χ0v) is 13.7. The van der Waals surface area contributed by atoms with E-state index in [2.05, 4.69) is 38.2 Å². The molecule has 0 N–H and O–H groups in total. The first-order chi connectivity index (χ1) is 9.22. The van der Waals surface area contributed by atoms with Gasteiger partial charge in [-0.15, -0.1) is 0 Å². The molecule has 1 radical (unpaired) electrons. The second kappa shape index (κ2) is 5.59. The van der Waals surface area contributed by atoms with Gasteiger partial charge in [0.25, 0.3) is 0 Å². The molecule has 0 aromatic rings. The maximum Gasteiger partial charge on any atom is 0.0665 e. The SMILES string of the molecule is CC1C=CC=CC1(C)[Si](C1CCCC1)C1CCCC1. The summed E-state index contributed by atoms with van der Waals surface area (Å²) in [6.45, 7) is 5.07. The molecule has 2 atom stereocenters. The molecule has 0 bridgehead atoms. The van der Waals surface area contributed by atoms with Gasteiger partial charge in [0.15, 0.2) is 0 Å². The molecule has 105 valence electrons. The molecule has 0 spiro atoms. The molecule has 0 aliphatic heterocycles. The molecular weight excluding hydrogens is 244 g/mol. The third-order valence-electron chi connectivity index (χ3n) is 6.11. The number of allylic oxidation sites excluding steroid dienone is 4. The van der Waals surface area contributed by atoms with Gasteiger partial charge in [0.2, 0.25) is 0 Å². The van der Waals surface area contributed by atoms with Gasteiger partial charge in [0.1, 0.15) is 0 Å². The van der Waals surface area contributed by atoms with E-state index in [1.165, 1.54) is 25.7 Å². The van der Waals surface area contributed by atoms with Crippen LogP contribution in [-0.2, 0) is 0 Å². The predicted octanol–water partition coefficient (Wildman–Crippen LogP) is 5.89. The molecule has 2 fully saturated rings. The van der Waals surface area contributed by atoms with Crippen LogP contribution in [0.25, 0.3) is 0 Å². The third kappa shape index (κ3) is 2.51. The summed E-state index contributed by atoms with van der Waals surface area (Å²) < 4.78 is 0. The Morgan fingerprint density at radius 1 is 0.895 bits per heavy atom. The van der Waals surface area contributed by atoms with Gasteiger partial charge in [-0.05, 0) is 22.0 Å². The van der Waals surface area contributed by atoms with Crippen molar-refractivity contribution in [1.29, 1.82) is 0 Å². The molecular formula is C18H29Si. The summed E-state index contributed by atoms with van der Waals surface area (Å²) in [6, 6.07) is 0. The van der Waals surface area contributed by atoms with Gasteiger partial charge in [0, 0.05) is 0 Å². The van der Waals surface area contributed by atoms with Gasteiger partial charge in [-0.1, -0.05) is 89.5 Å². The minimum atomic E-state index is -0.286. The quantitative estimate of drug-likeness (QED) is 0.562. The van der Waals surface area contributed by atoms with Crippen LogP contribution in [0.3, 0.4) is 0 Å². The highest BCUT2D eigenvalue weighted by Crippen LogP contribution is 2.56. The summed E-state index contributed by atoms with van der Waals surface area (Å²) in [4.78, 5) is 0. The highest BCUT2D eigenvalue weighted by atomic mass is 28.3. The smallest absolute Gasteiger partial charge is 0.0665 e. The fraction of sp³-hybridized carbons (Fsp3) is 0.778. The Labute approximate surface area is 121 Å². The highest BCUT2D eigenvalue weighted by molar-refractivity contribution is 6.66. The Hall–Kier alpha value is -0.303. The maximum atomic E-state index is 2.60. The number of hydrogen-bond donors (Lipinski definition) is 0. The van der Waals surface area contributed by atoms with Crippen LogP contribution in [0.1, 0.15) is 65.2 Å². The molecule has 0 aromatic carbocycles. The Balaban J connectivity index is 1.88. The van der Waals surface area contributed by atoms with Crippen molar-refractivity contribution < 1.29 is 0 Å². The first-order valence-corrected chi connectivity index (χ1v) is 10.1. The second-order valence-electron chi connectivity index (χ2n) is 7.23. The van der Waals surface area contributed by atoms with E-state index in [0.29, 0.717) is 5.04 Å². The van der Waals surface area contributed by atoms with Crippen molar-refractivity contribution in [2.24, 2.45) is 5.92 Å². The lowest BCUT2D eigenvalue weighted by molar-refractivity contribution is 0.530. The van der Waals surface area contributed by atoms with Crippen LogP contribution >= 0.6 is 0 Å². The minimum Gasteiger partial charge on any atom is -0.0811 e. The Kier molecular flexibility index (Phi) is 4.02. The van der Waals surface area contributed by atoms with Crippen molar-refractivity contribution >= 4 is 8.80 Å². The van der Waals surface area contributed by atoms with Crippen molar-refractivity contribution in [3.8, 4) is 0 Å². The zero-order valence-electron chi connectivity index (χ0n) is 12.7. The standard InChI is InChI=1S/C18H29Si/c1-15-9-7-8-14-18(15,2)19(16-10-3-4-11-16)17-12-5-6-13-17/h7-9,14-17H,3-6,10-13H2,1-2H3. The van der Waals surface area contributed by atoms with E-state index < -0.39 is 0 Å². The average Bonchev–Trinajstić information content (AvgIpc) is 3.07. The summed E-state index contributed by atoms with van der Waals surface area (Å²) in [6.07, 6.45) is 21.9. The van der Waals surface area contributed by atoms with Crippen molar-refractivity contribution in [2.75, 3.05) is 0 Å². The van der Waals surface area contributed by atoms with Gasteiger partial charge >= 0.3 is 0 Å². The molecule has 2 saturated carbocycles. The normalized spacial score (nSPS) is 36.7. The Morgan fingerprint density at radius 2 is 1.42 bits per heavy atom. The molecule has 0 heterocycles. The lowest BCUT2D eigenvalue weighted by Gasteiger charge is -2.45. The van der Waals surface area contributed by atoms with Gasteiger partial charge in [0.05, 0.1) is 8.80 Å². The molecule has 0 amide bonds. The van der Waals surface area contributed by atoms with E-state index in [0.717, 1.165) is 17.0 Å². The monoisotopic (exact) mass is 273 g/mol. The summed E-state index contributed by atoms with van der Waals surface area (Å²) in [7, 11) is -0.286. The number of hydrogen-bond acceptors (Lipinski definition) is 0. The van der Waals surface area contributed by atoms with Crippen LogP contribution < -0.4 is 0 Å². The summed E-state index contributed by atoms with van der Waals surface area (Å²) in [5, 5.41) is 0.517. The van der Waals surface area contributed by atoms with Gasteiger partial charge < -0.3 is 0 Å². The minimum absolute atomic E-state index is 0.286. The van der Waals surface area contributed by atoms with Crippen LogP contribution in [0.15, 0.2) is 24.3 Å². The van der Waals surface area contributed by atoms with E-state index in [4.69, 9.17) is 0 Å².